The van der Waals surface area contributed by atoms with Crippen molar-refractivity contribution in [3.63, 3.8) is 0 Å². The van der Waals surface area contributed by atoms with Gasteiger partial charge in [-0.25, -0.2) is 0 Å². The van der Waals surface area contributed by atoms with Crippen LogP contribution in [0.4, 0.5) is 0 Å². The lowest BCUT2D eigenvalue weighted by Crippen LogP contribution is -2.34. The Morgan fingerprint density at radius 3 is 2.25 bits per heavy atom. The van der Waals surface area contributed by atoms with E-state index in [1.165, 1.54) is 0 Å². The van der Waals surface area contributed by atoms with Crippen molar-refractivity contribution < 1.29 is 9.90 Å². The van der Waals surface area contributed by atoms with Crippen LogP contribution in [0.3, 0.4) is 0 Å². The van der Waals surface area contributed by atoms with Gasteiger partial charge in [0.05, 0.1) is 5.56 Å². The zero-order valence-electron chi connectivity index (χ0n) is 12.5. The number of phenols is 1. The molecule has 0 aliphatic heterocycles. The maximum absolute atomic E-state index is 12.5. The van der Waals surface area contributed by atoms with Gasteiger partial charge in [-0.2, -0.15) is 0 Å². The molecule has 3 heteroatoms. The molecular weight excluding hydrogens is 250 g/mol. The highest BCUT2D eigenvalue weighted by atomic mass is 16.3. The Bertz CT molecular complexity index is 641. The van der Waals surface area contributed by atoms with E-state index in [1.54, 1.807) is 24.1 Å². The second-order valence-corrected chi connectivity index (χ2v) is 6.44. The second-order valence-electron chi connectivity index (χ2n) is 6.44. The molecule has 1 N–H and O–H groups in total. The number of hydrogen-bond donors (Lipinski definition) is 1. The Hall–Kier alpha value is -2.03. The summed E-state index contributed by atoms with van der Waals surface area (Å²) in [5.74, 6) is -0.113. The van der Waals surface area contributed by atoms with Crippen LogP contribution in [0.15, 0.2) is 36.4 Å². The maximum Gasteiger partial charge on any atom is 0.257 e. The number of fused-ring (bicyclic) bond motifs is 1. The molecule has 0 bridgehead atoms. The topological polar surface area (TPSA) is 40.5 Å². The van der Waals surface area contributed by atoms with Crippen LogP contribution in [0.5, 0.6) is 5.75 Å². The van der Waals surface area contributed by atoms with Gasteiger partial charge in [-0.05, 0) is 28.3 Å². The number of benzene rings is 2. The number of rotatable bonds is 2. The molecule has 3 nitrogen and oxygen atoms in total. The molecule has 106 valence electrons. The van der Waals surface area contributed by atoms with Crippen molar-refractivity contribution in [2.75, 3.05) is 13.6 Å². The third-order valence-electron chi connectivity index (χ3n) is 3.15. The van der Waals surface area contributed by atoms with Crippen LogP contribution < -0.4 is 0 Å². The van der Waals surface area contributed by atoms with Gasteiger partial charge in [-0.3, -0.25) is 4.79 Å². The summed E-state index contributed by atoms with van der Waals surface area (Å²) in [6.07, 6.45) is 0. The summed E-state index contributed by atoms with van der Waals surface area (Å²) in [7, 11) is 1.77. The van der Waals surface area contributed by atoms with Crippen LogP contribution >= 0.6 is 0 Å². The minimum atomic E-state index is -0.150. The summed E-state index contributed by atoms with van der Waals surface area (Å²) in [4.78, 5) is 14.1. The molecular formula is C17H21NO2. The van der Waals surface area contributed by atoms with Crippen molar-refractivity contribution in [3.8, 4) is 5.75 Å². The number of carbonyl (C=O) groups is 1. The van der Waals surface area contributed by atoms with Crippen molar-refractivity contribution in [1.82, 2.24) is 4.90 Å². The molecule has 0 heterocycles. The summed E-state index contributed by atoms with van der Waals surface area (Å²) in [5, 5.41) is 12.0. The Kier molecular flexibility index (Phi) is 3.71. The highest BCUT2D eigenvalue weighted by molar-refractivity contribution is 6.01. The summed E-state index contributed by atoms with van der Waals surface area (Å²) in [5.41, 5.74) is 0.382. The van der Waals surface area contributed by atoms with Gasteiger partial charge >= 0.3 is 0 Å². The predicted octanol–water partition coefficient (Wildman–Crippen LogP) is 3.66. The van der Waals surface area contributed by atoms with E-state index < -0.39 is 0 Å². The molecule has 0 aliphatic carbocycles. The van der Waals surface area contributed by atoms with E-state index in [1.807, 2.05) is 24.3 Å². The first-order chi connectivity index (χ1) is 9.28. The average molecular weight is 271 g/mol. The molecule has 0 fully saturated rings. The van der Waals surface area contributed by atoms with Gasteiger partial charge in [-0.15, -0.1) is 0 Å². The zero-order valence-corrected chi connectivity index (χ0v) is 12.5. The van der Waals surface area contributed by atoms with Gasteiger partial charge in [0.25, 0.3) is 5.91 Å². The summed E-state index contributed by atoms with van der Waals surface area (Å²) in [6.45, 7) is 6.88. The smallest absolute Gasteiger partial charge is 0.257 e. The van der Waals surface area contributed by atoms with Crippen LogP contribution in [0.25, 0.3) is 10.8 Å². The first-order valence-electron chi connectivity index (χ1n) is 6.75. The number of aromatic hydroxyl groups is 1. The lowest BCUT2D eigenvalue weighted by atomic mass is 9.96. The normalized spacial score (nSPS) is 11.6. The average Bonchev–Trinajstić information content (AvgIpc) is 2.35. The van der Waals surface area contributed by atoms with E-state index in [9.17, 15) is 9.90 Å². The summed E-state index contributed by atoms with van der Waals surface area (Å²) >= 11 is 0. The number of hydrogen-bond acceptors (Lipinski definition) is 2. The van der Waals surface area contributed by atoms with Crippen LogP contribution in [0.2, 0.25) is 0 Å². The van der Waals surface area contributed by atoms with Crippen molar-refractivity contribution in [2.45, 2.75) is 20.8 Å². The maximum atomic E-state index is 12.5. The van der Waals surface area contributed by atoms with Gasteiger partial charge < -0.3 is 10.0 Å². The summed E-state index contributed by atoms with van der Waals surface area (Å²) in [6, 6.07) is 11.1. The number of phenolic OH excluding ortho intramolecular Hbond substituents is 1. The Morgan fingerprint density at radius 2 is 1.70 bits per heavy atom. The van der Waals surface area contributed by atoms with Crippen LogP contribution in [-0.4, -0.2) is 29.5 Å². The predicted molar refractivity (Wildman–Crippen MR) is 82.0 cm³/mol. The van der Waals surface area contributed by atoms with E-state index in [0.717, 1.165) is 10.8 Å². The number of nitrogens with zero attached hydrogens (tertiary/aromatic N) is 1. The Balaban J connectivity index is 2.37. The van der Waals surface area contributed by atoms with Crippen LogP contribution in [-0.2, 0) is 0 Å². The third kappa shape index (κ3) is 3.10. The Labute approximate surface area is 119 Å². The molecule has 0 atom stereocenters. The van der Waals surface area contributed by atoms with Gasteiger partial charge in [-0.1, -0.05) is 45.0 Å². The van der Waals surface area contributed by atoms with Crippen LogP contribution in [0.1, 0.15) is 31.1 Å². The minimum Gasteiger partial charge on any atom is -0.507 e. The minimum absolute atomic E-state index is 0.0247. The monoisotopic (exact) mass is 271 g/mol. The fourth-order valence-electron chi connectivity index (χ4n) is 2.39. The fourth-order valence-corrected chi connectivity index (χ4v) is 2.39. The van der Waals surface area contributed by atoms with Gasteiger partial charge in [0.15, 0.2) is 0 Å². The SMILES string of the molecule is CN(CC(C)(C)C)C(=O)c1cc2ccccc2cc1O. The van der Waals surface area contributed by atoms with Gasteiger partial charge in [0, 0.05) is 13.6 Å². The van der Waals surface area contributed by atoms with E-state index in [-0.39, 0.29) is 17.1 Å². The molecule has 20 heavy (non-hydrogen) atoms. The highest BCUT2D eigenvalue weighted by Gasteiger charge is 2.21. The van der Waals surface area contributed by atoms with Crippen molar-refractivity contribution >= 4 is 16.7 Å². The molecule has 0 unspecified atom stereocenters. The standard InChI is InChI=1S/C17H21NO2/c1-17(2,3)11-18(4)16(20)14-9-12-7-5-6-8-13(12)10-15(14)19/h5-10,19H,11H2,1-4H3. The summed E-state index contributed by atoms with van der Waals surface area (Å²) < 4.78 is 0. The molecule has 0 aliphatic rings. The molecule has 0 saturated heterocycles. The number of amides is 1. The molecule has 0 radical (unpaired) electrons. The lowest BCUT2D eigenvalue weighted by molar-refractivity contribution is 0.0743. The second kappa shape index (κ2) is 5.16. The van der Waals surface area contributed by atoms with Gasteiger partial charge in [0.2, 0.25) is 0 Å². The molecule has 1 amide bonds. The molecule has 2 rings (SSSR count). The lowest BCUT2D eigenvalue weighted by Gasteiger charge is -2.27. The molecule has 0 saturated carbocycles. The first kappa shape index (κ1) is 14.4. The van der Waals surface area contributed by atoms with Gasteiger partial charge in [0.1, 0.15) is 5.75 Å². The van der Waals surface area contributed by atoms with E-state index in [0.29, 0.717) is 12.1 Å². The van der Waals surface area contributed by atoms with Crippen LogP contribution in [0, 0.1) is 5.41 Å². The van der Waals surface area contributed by atoms with Crippen molar-refractivity contribution in [1.29, 1.82) is 0 Å². The molecule has 0 spiro atoms. The van der Waals surface area contributed by atoms with Crippen molar-refractivity contribution in [2.24, 2.45) is 5.41 Å². The molecule has 2 aromatic rings. The Morgan fingerprint density at radius 1 is 1.15 bits per heavy atom. The van der Waals surface area contributed by atoms with Crippen molar-refractivity contribution in [3.05, 3.63) is 42.0 Å². The van der Waals surface area contributed by atoms with E-state index in [2.05, 4.69) is 20.8 Å². The van der Waals surface area contributed by atoms with E-state index >= 15 is 0 Å². The highest BCUT2D eigenvalue weighted by Crippen LogP contribution is 2.26. The van der Waals surface area contributed by atoms with E-state index in [4.69, 9.17) is 0 Å². The zero-order chi connectivity index (χ0) is 14.9. The molecule has 2 aromatic carbocycles. The third-order valence-corrected chi connectivity index (χ3v) is 3.15. The quantitative estimate of drug-likeness (QED) is 0.905. The largest absolute Gasteiger partial charge is 0.507 e. The molecule has 0 aromatic heterocycles. The first-order valence-corrected chi connectivity index (χ1v) is 6.75. The number of carbonyl (C=O) groups excluding carboxylic acids is 1. The fraction of sp³-hybridized carbons (Fsp3) is 0.353.